The van der Waals surface area contributed by atoms with E-state index < -0.39 is 11.1 Å². The minimum absolute atomic E-state index is 0.0311. The minimum Gasteiger partial charge on any atom is -0.508 e. The van der Waals surface area contributed by atoms with Crippen molar-refractivity contribution in [3.05, 3.63) is 29.3 Å². The van der Waals surface area contributed by atoms with E-state index in [0.717, 1.165) is 45.1 Å². The summed E-state index contributed by atoms with van der Waals surface area (Å²) in [6, 6.07) is 6.00. The number of aliphatic hydroxyl groups is 1. The average Bonchev–Trinajstić information content (AvgIpc) is 3.71. The molecule has 0 amide bonds. The summed E-state index contributed by atoms with van der Waals surface area (Å²) in [5, 5.41) is 21.6. The summed E-state index contributed by atoms with van der Waals surface area (Å²) >= 11 is 0. The molecule has 6 saturated carbocycles. The van der Waals surface area contributed by atoms with Crippen molar-refractivity contribution in [3.8, 4) is 17.6 Å². The van der Waals surface area contributed by atoms with Gasteiger partial charge < -0.3 is 25.4 Å². The van der Waals surface area contributed by atoms with E-state index >= 15 is 0 Å². The summed E-state index contributed by atoms with van der Waals surface area (Å²) in [6.45, 7) is 3.41. The predicted octanol–water partition coefficient (Wildman–Crippen LogP) is 7.09. The highest BCUT2D eigenvalue weighted by Crippen LogP contribution is 2.77. The third-order valence-corrected chi connectivity index (χ3v) is 15.8. The second-order valence-corrected chi connectivity index (χ2v) is 18.1. The topological polar surface area (TPSA) is 84.9 Å². The van der Waals surface area contributed by atoms with Gasteiger partial charge in [0.15, 0.2) is 0 Å². The number of rotatable bonds is 4. The maximum atomic E-state index is 11.1. The highest BCUT2D eigenvalue weighted by molar-refractivity contribution is 5.41. The molecule has 2 saturated heterocycles. The first-order chi connectivity index (χ1) is 22.2. The number of aromatic hydroxyl groups is 1. The Kier molecular flexibility index (Phi) is 7.09. The minimum atomic E-state index is -0.594. The van der Waals surface area contributed by atoms with Crippen LogP contribution in [0.2, 0.25) is 0 Å². The van der Waals surface area contributed by atoms with Gasteiger partial charge in [-0.1, -0.05) is 43.6 Å². The van der Waals surface area contributed by atoms with Gasteiger partial charge in [-0.25, -0.2) is 0 Å². The Morgan fingerprint density at radius 1 is 0.978 bits per heavy atom. The molecule has 250 valence electrons. The lowest BCUT2D eigenvalue weighted by Gasteiger charge is -2.80. The van der Waals surface area contributed by atoms with E-state index in [1.54, 1.807) is 0 Å². The summed E-state index contributed by atoms with van der Waals surface area (Å²) in [6.07, 6.45) is 21.6. The quantitative estimate of drug-likeness (QED) is 0.311. The second kappa shape index (κ2) is 10.7. The molecule has 10 unspecified atom stereocenters. The summed E-state index contributed by atoms with van der Waals surface area (Å²) in [7, 11) is 0. The molecule has 2 aliphatic heterocycles. The van der Waals surface area contributed by atoms with Gasteiger partial charge in [0.25, 0.3) is 0 Å². The molecule has 2 heterocycles. The van der Waals surface area contributed by atoms with E-state index in [-0.39, 0.29) is 35.4 Å². The van der Waals surface area contributed by atoms with E-state index in [2.05, 4.69) is 24.8 Å². The normalized spacial score (nSPS) is 47.0. The summed E-state index contributed by atoms with van der Waals surface area (Å²) in [5.41, 5.74) is 9.80. The van der Waals surface area contributed by atoms with E-state index in [9.17, 15) is 10.2 Å². The SMILES string of the molecule is CC12CCC(COC3CCCC3)C34CCC(CO)C(N)(C13)C1C#CCc3cc(O)ccc3CC3CC(CC5(CCCC5)C3)C1(C4)O2. The predicted molar refractivity (Wildman–Crippen MR) is 179 cm³/mol. The molecular weight excluding hydrogens is 570 g/mol. The lowest BCUT2D eigenvalue weighted by atomic mass is 9.31. The number of hydrogen-bond acceptors (Lipinski definition) is 5. The van der Waals surface area contributed by atoms with Crippen molar-refractivity contribution in [1.29, 1.82) is 0 Å². The molecule has 8 fully saturated rings. The van der Waals surface area contributed by atoms with E-state index in [1.165, 1.54) is 81.8 Å². The molecule has 7 bridgehead atoms. The van der Waals surface area contributed by atoms with Crippen LogP contribution in [0.4, 0.5) is 0 Å². The fourth-order valence-electron chi connectivity index (χ4n) is 14.4. The lowest BCUT2D eigenvalue weighted by Crippen LogP contribution is -2.87. The lowest BCUT2D eigenvalue weighted by molar-refractivity contribution is -0.395. The molecule has 9 aliphatic rings. The first-order valence-corrected chi connectivity index (χ1v) is 19.2. The zero-order valence-electron chi connectivity index (χ0n) is 28.2. The summed E-state index contributed by atoms with van der Waals surface area (Å²) in [4.78, 5) is 0. The fourth-order valence-corrected chi connectivity index (χ4v) is 14.4. The van der Waals surface area contributed by atoms with Crippen LogP contribution in [0.5, 0.6) is 5.75 Å². The van der Waals surface area contributed by atoms with Crippen LogP contribution < -0.4 is 5.73 Å². The van der Waals surface area contributed by atoms with Crippen molar-refractivity contribution in [2.45, 2.75) is 145 Å². The number of ether oxygens (including phenoxy) is 2. The number of nitrogens with two attached hydrogens (primary N) is 1. The number of benzene rings is 1. The molecule has 0 aromatic heterocycles. The van der Waals surface area contributed by atoms with Crippen LogP contribution in [0.1, 0.15) is 121 Å². The van der Waals surface area contributed by atoms with Gasteiger partial charge in [0.05, 0.1) is 29.8 Å². The zero-order chi connectivity index (χ0) is 31.4. The highest BCUT2D eigenvalue weighted by atomic mass is 16.5. The van der Waals surface area contributed by atoms with Gasteiger partial charge in [-0.2, -0.15) is 0 Å². The Balaban J connectivity index is 1.21. The molecule has 10 atom stereocenters. The Morgan fingerprint density at radius 2 is 1.78 bits per heavy atom. The van der Waals surface area contributed by atoms with Crippen LogP contribution >= 0.6 is 0 Å². The molecule has 1 aromatic carbocycles. The monoisotopic (exact) mass is 627 g/mol. The van der Waals surface area contributed by atoms with Crippen LogP contribution in [0, 0.1) is 58.2 Å². The van der Waals surface area contributed by atoms with Gasteiger partial charge in [-0.05, 0) is 142 Å². The van der Waals surface area contributed by atoms with Gasteiger partial charge in [0.1, 0.15) is 5.75 Å². The molecule has 4 N–H and O–H groups in total. The molecule has 5 heteroatoms. The number of phenolic OH excluding ortho intramolecular Hbond substituents is 1. The molecular formula is C41H57NO4. The average molecular weight is 628 g/mol. The van der Waals surface area contributed by atoms with Gasteiger partial charge in [-0.3, -0.25) is 0 Å². The molecule has 7 aliphatic carbocycles. The van der Waals surface area contributed by atoms with E-state index in [4.69, 9.17) is 15.2 Å². The maximum Gasteiger partial charge on any atom is 0.115 e. The molecule has 0 radical (unpaired) electrons. The molecule has 2 spiro atoms. The number of aliphatic hydroxyl groups excluding tert-OH is 1. The van der Waals surface area contributed by atoms with Gasteiger partial charge in [0.2, 0.25) is 0 Å². The van der Waals surface area contributed by atoms with Crippen LogP contribution in [0.15, 0.2) is 18.2 Å². The fraction of sp³-hybridized carbons (Fsp3) is 0.805. The third kappa shape index (κ3) is 4.28. The molecule has 46 heavy (non-hydrogen) atoms. The van der Waals surface area contributed by atoms with E-state index in [1.807, 2.05) is 12.1 Å². The van der Waals surface area contributed by atoms with Gasteiger partial charge in [0, 0.05) is 30.4 Å². The Labute approximate surface area is 276 Å². The van der Waals surface area contributed by atoms with Crippen LogP contribution in [0.3, 0.4) is 0 Å². The van der Waals surface area contributed by atoms with Crippen molar-refractivity contribution < 1.29 is 19.7 Å². The molecule has 1 aromatic rings. The first-order valence-electron chi connectivity index (χ1n) is 19.2. The van der Waals surface area contributed by atoms with Crippen molar-refractivity contribution >= 4 is 0 Å². The van der Waals surface area contributed by atoms with Crippen molar-refractivity contribution in [2.75, 3.05) is 13.2 Å². The van der Waals surface area contributed by atoms with Gasteiger partial charge >= 0.3 is 0 Å². The Hall–Kier alpha value is -1.58. The summed E-state index contributed by atoms with van der Waals surface area (Å²) in [5.74, 6) is 9.53. The first kappa shape index (κ1) is 30.5. The second-order valence-electron chi connectivity index (χ2n) is 18.1. The molecule has 5 nitrogen and oxygen atoms in total. The largest absolute Gasteiger partial charge is 0.508 e. The van der Waals surface area contributed by atoms with Crippen LogP contribution in [-0.2, 0) is 22.3 Å². The smallest absolute Gasteiger partial charge is 0.115 e. The van der Waals surface area contributed by atoms with Crippen molar-refractivity contribution in [1.82, 2.24) is 0 Å². The summed E-state index contributed by atoms with van der Waals surface area (Å²) < 4.78 is 14.7. The number of hydrogen-bond donors (Lipinski definition) is 3. The van der Waals surface area contributed by atoms with Crippen molar-refractivity contribution in [2.24, 2.45) is 52.1 Å². The maximum absolute atomic E-state index is 11.1. The van der Waals surface area contributed by atoms with Crippen LogP contribution in [0.25, 0.3) is 0 Å². The van der Waals surface area contributed by atoms with Gasteiger partial charge in [-0.15, -0.1) is 0 Å². The standard InChI is InChI=1S/C41H57NO4/c1-37-17-13-31(25-45-34-8-2-3-9-34)39-18-14-30(24-43)41(42,36(37)39)35-10-6-7-28-21-33(44)12-11-29(28)19-27-20-32(40(35,26-39)46-37)23-38(22-27)15-4-5-16-38/h11-12,21,27,30-32,34-36,43-44H,2-5,7-9,13-20,22-26,42H2,1H3. The van der Waals surface area contributed by atoms with Crippen LogP contribution in [-0.4, -0.2) is 46.3 Å². The molecule has 10 rings (SSSR count). The van der Waals surface area contributed by atoms with E-state index in [0.29, 0.717) is 41.4 Å². The highest BCUT2D eigenvalue weighted by Gasteiger charge is 2.81. The third-order valence-electron chi connectivity index (χ3n) is 15.8. The number of fused-ring (bicyclic) bond motifs is 3. The zero-order valence-corrected chi connectivity index (χ0v) is 28.2. The Bertz CT molecular complexity index is 1420. The van der Waals surface area contributed by atoms with Crippen molar-refractivity contribution in [3.63, 3.8) is 0 Å². The Morgan fingerprint density at radius 3 is 2.59 bits per heavy atom. The number of phenols is 1.